The summed E-state index contributed by atoms with van der Waals surface area (Å²) in [6, 6.07) is 11.6. The van der Waals surface area contributed by atoms with Crippen LogP contribution in [0.4, 0.5) is 0 Å². The highest BCUT2D eigenvalue weighted by molar-refractivity contribution is 5.76. The van der Waals surface area contributed by atoms with Crippen molar-refractivity contribution in [2.45, 2.75) is 6.42 Å². The van der Waals surface area contributed by atoms with Crippen LogP contribution in [0.5, 0.6) is 5.75 Å². The summed E-state index contributed by atoms with van der Waals surface area (Å²) in [5.41, 5.74) is 7.50. The van der Waals surface area contributed by atoms with E-state index >= 15 is 0 Å². The Balaban J connectivity index is 1.78. The number of carbonyl (C=O) groups is 1. The fourth-order valence-electron chi connectivity index (χ4n) is 1.90. The Morgan fingerprint density at radius 3 is 2.39 bits per heavy atom. The zero-order valence-corrected chi connectivity index (χ0v) is 12.9. The maximum Gasteiger partial charge on any atom is 0.223 e. The van der Waals surface area contributed by atoms with Gasteiger partial charge in [0.15, 0.2) is 0 Å². The van der Waals surface area contributed by atoms with E-state index < -0.39 is 0 Å². The van der Waals surface area contributed by atoms with Crippen molar-refractivity contribution in [3.8, 4) is 5.75 Å². The SMILES string of the molecule is NCCNC(=O)CCOc1ccc(/C=C/c2ccncc2)cc1. The van der Waals surface area contributed by atoms with Crippen LogP contribution in [0.1, 0.15) is 17.5 Å². The molecule has 0 atom stereocenters. The normalized spacial score (nSPS) is 10.7. The van der Waals surface area contributed by atoms with E-state index in [0.717, 1.165) is 16.9 Å². The Kier molecular flexibility index (Phi) is 6.81. The molecule has 0 fully saturated rings. The zero-order valence-electron chi connectivity index (χ0n) is 12.9. The molecule has 1 amide bonds. The Hall–Kier alpha value is -2.66. The summed E-state index contributed by atoms with van der Waals surface area (Å²) in [4.78, 5) is 15.4. The van der Waals surface area contributed by atoms with Crippen LogP contribution >= 0.6 is 0 Å². The molecular formula is C18H21N3O2. The van der Waals surface area contributed by atoms with Gasteiger partial charge in [0.05, 0.1) is 13.0 Å². The second-order valence-corrected chi connectivity index (χ2v) is 4.92. The molecule has 120 valence electrons. The molecule has 1 aromatic heterocycles. The second-order valence-electron chi connectivity index (χ2n) is 4.92. The topological polar surface area (TPSA) is 77.2 Å². The number of nitrogens with zero attached hydrogens (tertiary/aromatic N) is 1. The van der Waals surface area contributed by atoms with Crippen molar-refractivity contribution >= 4 is 18.1 Å². The second kappa shape index (κ2) is 9.38. The van der Waals surface area contributed by atoms with Crippen LogP contribution in [-0.2, 0) is 4.79 Å². The van der Waals surface area contributed by atoms with Gasteiger partial charge in [-0.2, -0.15) is 0 Å². The van der Waals surface area contributed by atoms with E-state index in [-0.39, 0.29) is 5.91 Å². The highest BCUT2D eigenvalue weighted by atomic mass is 16.5. The minimum absolute atomic E-state index is 0.0487. The van der Waals surface area contributed by atoms with Gasteiger partial charge in [-0.25, -0.2) is 0 Å². The molecule has 0 aliphatic carbocycles. The molecule has 2 rings (SSSR count). The fourth-order valence-corrected chi connectivity index (χ4v) is 1.90. The number of aromatic nitrogens is 1. The predicted octanol–water partition coefficient (Wildman–Crippen LogP) is 2.10. The highest BCUT2D eigenvalue weighted by Gasteiger charge is 2.00. The van der Waals surface area contributed by atoms with E-state index in [1.165, 1.54) is 0 Å². The Morgan fingerprint density at radius 1 is 1.09 bits per heavy atom. The van der Waals surface area contributed by atoms with Crippen LogP contribution in [0.15, 0.2) is 48.8 Å². The zero-order chi connectivity index (χ0) is 16.3. The summed E-state index contributed by atoms with van der Waals surface area (Å²) in [5.74, 6) is 0.699. The monoisotopic (exact) mass is 311 g/mol. The summed E-state index contributed by atoms with van der Waals surface area (Å²) in [6.45, 7) is 1.29. The number of nitrogens with two attached hydrogens (primary N) is 1. The third kappa shape index (κ3) is 6.32. The van der Waals surface area contributed by atoms with Crippen molar-refractivity contribution in [3.63, 3.8) is 0 Å². The smallest absolute Gasteiger partial charge is 0.223 e. The number of ether oxygens (including phenoxy) is 1. The lowest BCUT2D eigenvalue weighted by Gasteiger charge is -2.07. The lowest BCUT2D eigenvalue weighted by Crippen LogP contribution is -2.29. The van der Waals surface area contributed by atoms with Crippen LogP contribution in [-0.4, -0.2) is 30.6 Å². The maximum absolute atomic E-state index is 11.4. The third-order valence-corrected chi connectivity index (χ3v) is 3.12. The van der Waals surface area contributed by atoms with Gasteiger partial charge in [0.2, 0.25) is 5.91 Å². The van der Waals surface area contributed by atoms with E-state index in [4.69, 9.17) is 10.5 Å². The average molecular weight is 311 g/mol. The summed E-state index contributed by atoms with van der Waals surface area (Å²) >= 11 is 0. The van der Waals surface area contributed by atoms with Gasteiger partial charge in [0, 0.05) is 25.5 Å². The molecule has 0 aliphatic heterocycles. The van der Waals surface area contributed by atoms with E-state index in [9.17, 15) is 4.79 Å². The molecule has 0 bridgehead atoms. The molecule has 3 N–H and O–H groups in total. The standard InChI is InChI=1S/C18H21N3O2/c19-10-13-21-18(22)9-14-23-17-5-3-15(4-6-17)1-2-16-7-11-20-12-8-16/h1-8,11-12H,9-10,13-14,19H2,(H,21,22)/b2-1+. The minimum Gasteiger partial charge on any atom is -0.493 e. The molecule has 0 unspecified atom stereocenters. The molecule has 1 heterocycles. The van der Waals surface area contributed by atoms with Gasteiger partial charge < -0.3 is 15.8 Å². The van der Waals surface area contributed by atoms with Gasteiger partial charge in [0.25, 0.3) is 0 Å². The molecule has 0 saturated heterocycles. The van der Waals surface area contributed by atoms with Crippen LogP contribution in [0.2, 0.25) is 0 Å². The van der Waals surface area contributed by atoms with Gasteiger partial charge >= 0.3 is 0 Å². The molecule has 0 aliphatic rings. The summed E-state index contributed by atoms with van der Waals surface area (Å²) in [7, 11) is 0. The van der Waals surface area contributed by atoms with Crippen LogP contribution in [0, 0.1) is 0 Å². The number of rotatable bonds is 8. The van der Waals surface area contributed by atoms with E-state index in [2.05, 4.69) is 10.3 Å². The quantitative estimate of drug-likeness (QED) is 0.782. The number of amides is 1. The Labute approximate surface area is 136 Å². The molecule has 23 heavy (non-hydrogen) atoms. The van der Waals surface area contributed by atoms with Crippen molar-refractivity contribution in [1.82, 2.24) is 10.3 Å². The van der Waals surface area contributed by atoms with Gasteiger partial charge in [-0.05, 0) is 35.4 Å². The summed E-state index contributed by atoms with van der Waals surface area (Å²) < 4.78 is 5.55. The summed E-state index contributed by atoms with van der Waals surface area (Å²) in [5, 5.41) is 2.70. The lowest BCUT2D eigenvalue weighted by atomic mass is 10.1. The van der Waals surface area contributed by atoms with Gasteiger partial charge in [-0.1, -0.05) is 24.3 Å². The maximum atomic E-state index is 11.4. The molecule has 5 heteroatoms. The van der Waals surface area contributed by atoms with Crippen molar-refractivity contribution in [2.75, 3.05) is 19.7 Å². The molecule has 0 radical (unpaired) electrons. The molecule has 1 aromatic carbocycles. The van der Waals surface area contributed by atoms with Gasteiger partial charge in [-0.15, -0.1) is 0 Å². The largest absolute Gasteiger partial charge is 0.493 e. The Morgan fingerprint density at radius 2 is 1.74 bits per heavy atom. The first kappa shape index (κ1) is 16.7. The number of pyridine rings is 1. The molecular weight excluding hydrogens is 290 g/mol. The van der Waals surface area contributed by atoms with E-state index in [0.29, 0.717) is 26.1 Å². The third-order valence-electron chi connectivity index (χ3n) is 3.12. The molecule has 5 nitrogen and oxygen atoms in total. The minimum atomic E-state index is -0.0487. The number of benzene rings is 1. The van der Waals surface area contributed by atoms with Crippen molar-refractivity contribution < 1.29 is 9.53 Å². The van der Waals surface area contributed by atoms with Crippen molar-refractivity contribution in [3.05, 3.63) is 59.9 Å². The van der Waals surface area contributed by atoms with Crippen molar-refractivity contribution in [1.29, 1.82) is 0 Å². The van der Waals surface area contributed by atoms with Gasteiger partial charge in [-0.3, -0.25) is 9.78 Å². The summed E-state index contributed by atoms with van der Waals surface area (Å²) in [6.07, 6.45) is 7.91. The van der Waals surface area contributed by atoms with E-state index in [1.54, 1.807) is 12.4 Å². The number of carbonyl (C=O) groups excluding carboxylic acids is 1. The lowest BCUT2D eigenvalue weighted by molar-refractivity contribution is -0.121. The van der Waals surface area contributed by atoms with Crippen molar-refractivity contribution in [2.24, 2.45) is 5.73 Å². The van der Waals surface area contributed by atoms with Crippen LogP contribution in [0.25, 0.3) is 12.2 Å². The molecule has 0 spiro atoms. The number of hydrogen-bond donors (Lipinski definition) is 2. The first-order valence-corrected chi connectivity index (χ1v) is 7.55. The average Bonchev–Trinajstić information content (AvgIpc) is 2.60. The number of nitrogens with one attached hydrogen (secondary N) is 1. The van der Waals surface area contributed by atoms with Crippen LogP contribution in [0.3, 0.4) is 0 Å². The highest BCUT2D eigenvalue weighted by Crippen LogP contribution is 2.14. The first-order valence-electron chi connectivity index (χ1n) is 7.55. The van der Waals surface area contributed by atoms with E-state index in [1.807, 2.05) is 48.6 Å². The molecule has 0 saturated carbocycles. The number of hydrogen-bond acceptors (Lipinski definition) is 4. The predicted molar refractivity (Wildman–Crippen MR) is 91.8 cm³/mol. The first-order chi connectivity index (χ1) is 11.3. The van der Waals surface area contributed by atoms with Crippen LogP contribution < -0.4 is 15.8 Å². The molecule has 2 aromatic rings. The van der Waals surface area contributed by atoms with Gasteiger partial charge in [0.1, 0.15) is 5.75 Å². The Bertz CT molecular complexity index is 624. The fraction of sp³-hybridized carbons (Fsp3) is 0.222.